The SMILES string of the molecule is CCC(C)(C(=O)NCc1cccc(C)n1)/C(N)=N/O. The van der Waals surface area contributed by atoms with E-state index in [1.807, 2.05) is 32.0 Å². The second-order valence-corrected chi connectivity index (χ2v) is 4.62. The second-order valence-electron chi connectivity index (χ2n) is 4.62. The molecule has 0 saturated carbocycles. The number of pyridine rings is 1. The Kier molecular flexibility index (Phi) is 4.86. The number of aryl methyl sites for hydroxylation is 1. The van der Waals surface area contributed by atoms with Crippen molar-refractivity contribution in [3.8, 4) is 0 Å². The molecule has 104 valence electrons. The van der Waals surface area contributed by atoms with E-state index in [9.17, 15) is 4.79 Å². The van der Waals surface area contributed by atoms with Gasteiger partial charge in [-0.1, -0.05) is 18.1 Å². The first kappa shape index (κ1) is 14.9. The number of aromatic nitrogens is 1. The van der Waals surface area contributed by atoms with E-state index in [2.05, 4.69) is 15.5 Å². The number of rotatable bonds is 5. The third-order valence-corrected chi connectivity index (χ3v) is 3.26. The van der Waals surface area contributed by atoms with Gasteiger partial charge in [0.1, 0.15) is 5.41 Å². The summed E-state index contributed by atoms with van der Waals surface area (Å²) < 4.78 is 0. The average molecular weight is 264 g/mol. The van der Waals surface area contributed by atoms with E-state index in [1.165, 1.54) is 0 Å². The van der Waals surface area contributed by atoms with Crippen LogP contribution in [0, 0.1) is 12.3 Å². The minimum Gasteiger partial charge on any atom is -0.409 e. The Morgan fingerprint density at radius 2 is 2.26 bits per heavy atom. The van der Waals surface area contributed by atoms with E-state index in [0.29, 0.717) is 13.0 Å². The number of carbonyl (C=O) groups excluding carboxylic acids is 1. The molecule has 6 nitrogen and oxygen atoms in total. The van der Waals surface area contributed by atoms with Crippen molar-refractivity contribution in [3.05, 3.63) is 29.6 Å². The van der Waals surface area contributed by atoms with E-state index < -0.39 is 5.41 Å². The zero-order valence-corrected chi connectivity index (χ0v) is 11.5. The van der Waals surface area contributed by atoms with Crippen LogP contribution in [-0.4, -0.2) is 21.9 Å². The van der Waals surface area contributed by atoms with Crippen LogP contribution in [0.4, 0.5) is 0 Å². The molecule has 0 fully saturated rings. The maximum Gasteiger partial charge on any atom is 0.233 e. The molecule has 1 atom stereocenters. The monoisotopic (exact) mass is 264 g/mol. The summed E-state index contributed by atoms with van der Waals surface area (Å²) in [6.45, 7) is 5.65. The predicted molar refractivity (Wildman–Crippen MR) is 72.6 cm³/mol. The molecule has 4 N–H and O–H groups in total. The maximum atomic E-state index is 12.1. The van der Waals surface area contributed by atoms with E-state index in [4.69, 9.17) is 10.9 Å². The molecule has 1 aromatic heterocycles. The molecule has 0 spiro atoms. The van der Waals surface area contributed by atoms with Gasteiger partial charge in [-0.3, -0.25) is 9.78 Å². The number of nitrogens with one attached hydrogen (secondary N) is 1. The number of nitrogens with two attached hydrogens (primary N) is 1. The van der Waals surface area contributed by atoms with Crippen LogP contribution in [0.3, 0.4) is 0 Å². The van der Waals surface area contributed by atoms with Crippen molar-refractivity contribution < 1.29 is 10.0 Å². The maximum absolute atomic E-state index is 12.1. The summed E-state index contributed by atoms with van der Waals surface area (Å²) in [7, 11) is 0. The highest BCUT2D eigenvalue weighted by atomic mass is 16.4. The molecule has 0 aliphatic rings. The van der Waals surface area contributed by atoms with Crippen LogP contribution >= 0.6 is 0 Å². The molecule has 0 aliphatic heterocycles. The van der Waals surface area contributed by atoms with Crippen molar-refractivity contribution >= 4 is 11.7 Å². The van der Waals surface area contributed by atoms with E-state index in [0.717, 1.165) is 11.4 Å². The first-order valence-electron chi connectivity index (χ1n) is 6.13. The average Bonchev–Trinajstić information content (AvgIpc) is 2.42. The lowest BCUT2D eigenvalue weighted by Crippen LogP contribution is -2.47. The number of hydrogen-bond acceptors (Lipinski definition) is 4. The van der Waals surface area contributed by atoms with Gasteiger partial charge in [-0.15, -0.1) is 0 Å². The quantitative estimate of drug-likeness (QED) is 0.321. The third kappa shape index (κ3) is 3.43. The molecule has 0 saturated heterocycles. The van der Waals surface area contributed by atoms with Gasteiger partial charge in [-0.2, -0.15) is 0 Å². The van der Waals surface area contributed by atoms with Crippen LogP contribution in [0.25, 0.3) is 0 Å². The molecule has 0 aliphatic carbocycles. The van der Waals surface area contributed by atoms with Gasteiger partial charge >= 0.3 is 0 Å². The van der Waals surface area contributed by atoms with Crippen molar-refractivity contribution in [1.82, 2.24) is 10.3 Å². The number of oxime groups is 1. The Morgan fingerprint density at radius 3 is 2.79 bits per heavy atom. The van der Waals surface area contributed by atoms with Gasteiger partial charge in [-0.05, 0) is 32.4 Å². The number of amides is 1. The van der Waals surface area contributed by atoms with Crippen molar-refractivity contribution in [2.24, 2.45) is 16.3 Å². The molecular formula is C13H20N4O2. The highest BCUT2D eigenvalue weighted by Gasteiger charge is 2.36. The predicted octanol–water partition coefficient (Wildman–Crippen LogP) is 1.17. The first-order valence-corrected chi connectivity index (χ1v) is 6.13. The van der Waals surface area contributed by atoms with Crippen LogP contribution in [-0.2, 0) is 11.3 Å². The molecule has 6 heteroatoms. The lowest BCUT2D eigenvalue weighted by molar-refractivity contribution is -0.127. The van der Waals surface area contributed by atoms with Crippen LogP contribution in [0.1, 0.15) is 31.7 Å². The van der Waals surface area contributed by atoms with Crippen LogP contribution in [0.2, 0.25) is 0 Å². The zero-order valence-electron chi connectivity index (χ0n) is 11.5. The van der Waals surface area contributed by atoms with Gasteiger partial charge in [0.25, 0.3) is 0 Å². The van der Waals surface area contributed by atoms with Gasteiger partial charge in [0.2, 0.25) is 5.91 Å². The summed E-state index contributed by atoms with van der Waals surface area (Å²) in [6.07, 6.45) is 0.440. The molecule has 1 amide bonds. The highest BCUT2D eigenvalue weighted by Crippen LogP contribution is 2.21. The van der Waals surface area contributed by atoms with Crippen molar-refractivity contribution in [2.45, 2.75) is 33.7 Å². The van der Waals surface area contributed by atoms with Crippen LogP contribution in [0.15, 0.2) is 23.4 Å². The largest absolute Gasteiger partial charge is 0.409 e. The smallest absolute Gasteiger partial charge is 0.233 e. The van der Waals surface area contributed by atoms with Crippen molar-refractivity contribution in [3.63, 3.8) is 0 Å². The topological polar surface area (TPSA) is 101 Å². The molecule has 0 radical (unpaired) electrons. The Labute approximate surface area is 112 Å². The molecular weight excluding hydrogens is 244 g/mol. The molecule has 1 aromatic rings. The standard InChI is InChI=1S/C13H20N4O2/c1-4-13(3,11(14)17-19)12(18)15-8-10-7-5-6-9(2)16-10/h5-7,19H,4,8H2,1-3H3,(H2,14,17)(H,15,18). The fourth-order valence-corrected chi connectivity index (χ4v) is 1.63. The summed E-state index contributed by atoms with van der Waals surface area (Å²) in [5, 5.41) is 14.4. The van der Waals surface area contributed by atoms with Gasteiger partial charge in [-0.25, -0.2) is 0 Å². The minimum absolute atomic E-state index is 0.0929. The van der Waals surface area contributed by atoms with Gasteiger partial charge in [0, 0.05) is 5.69 Å². The molecule has 1 rings (SSSR count). The van der Waals surface area contributed by atoms with E-state index >= 15 is 0 Å². The summed E-state index contributed by atoms with van der Waals surface area (Å²) in [4.78, 5) is 16.4. The zero-order chi connectivity index (χ0) is 14.5. The van der Waals surface area contributed by atoms with Crippen LogP contribution < -0.4 is 11.1 Å². The Balaban J connectivity index is 2.74. The van der Waals surface area contributed by atoms with Crippen LogP contribution in [0.5, 0.6) is 0 Å². The van der Waals surface area contributed by atoms with E-state index in [-0.39, 0.29) is 11.7 Å². The molecule has 0 aromatic carbocycles. The molecule has 19 heavy (non-hydrogen) atoms. The minimum atomic E-state index is -1.02. The van der Waals surface area contributed by atoms with Gasteiger partial charge in [0.05, 0.1) is 12.2 Å². The number of hydrogen-bond donors (Lipinski definition) is 3. The fraction of sp³-hybridized carbons (Fsp3) is 0.462. The summed E-state index contributed by atoms with van der Waals surface area (Å²) >= 11 is 0. The summed E-state index contributed by atoms with van der Waals surface area (Å²) in [6, 6.07) is 5.60. The molecule has 1 heterocycles. The second kappa shape index (κ2) is 6.17. The number of carbonyl (C=O) groups is 1. The Hall–Kier alpha value is -2.11. The number of amidine groups is 1. The highest BCUT2D eigenvalue weighted by molar-refractivity contribution is 6.06. The lowest BCUT2D eigenvalue weighted by Gasteiger charge is -2.25. The van der Waals surface area contributed by atoms with Gasteiger partial charge < -0.3 is 16.3 Å². The van der Waals surface area contributed by atoms with Gasteiger partial charge in [0.15, 0.2) is 5.84 Å². The Bertz CT molecular complexity index is 487. The Morgan fingerprint density at radius 1 is 1.58 bits per heavy atom. The normalized spacial score (nSPS) is 14.8. The third-order valence-electron chi connectivity index (χ3n) is 3.26. The summed E-state index contributed by atoms with van der Waals surface area (Å²) in [5.41, 5.74) is 6.22. The van der Waals surface area contributed by atoms with E-state index in [1.54, 1.807) is 6.92 Å². The molecule has 0 bridgehead atoms. The fourth-order valence-electron chi connectivity index (χ4n) is 1.63. The lowest BCUT2D eigenvalue weighted by atomic mass is 9.85. The number of nitrogens with zero attached hydrogens (tertiary/aromatic N) is 2. The summed E-state index contributed by atoms with van der Waals surface area (Å²) in [5.74, 6) is -0.377. The molecule has 1 unspecified atom stereocenters. The van der Waals surface area contributed by atoms with Crippen molar-refractivity contribution in [1.29, 1.82) is 0 Å². The first-order chi connectivity index (χ1) is 8.93. The van der Waals surface area contributed by atoms with Crippen molar-refractivity contribution in [2.75, 3.05) is 0 Å².